The summed E-state index contributed by atoms with van der Waals surface area (Å²) in [6, 6.07) is 0.349. The van der Waals surface area contributed by atoms with E-state index >= 15 is 0 Å². The van der Waals surface area contributed by atoms with Crippen LogP contribution in [0.3, 0.4) is 0 Å². The number of hydrogen-bond donors (Lipinski definition) is 2. The Hall–Kier alpha value is -0.220. The molecule has 1 aliphatic heterocycles. The third-order valence-electron chi connectivity index (χ3n) is 4.72. The Morgan fingerprint density at radius 2 is 2.00 bits per heavy atom. The molecule has 19 heavy (non-hydrogen) atoms. The van der Waals surface area contributed by atoms with E-state index in [-0.39, 0.29) is 17.4 Å². The molecule has 0 aromatic heterocycles. The fraction of sp³-hybridized carbons (Fsp3) is 0.933. The maximum atomic E-state index is 12.6. The highest BCUT2D eigenvalue weighted by molar-refractivity contribution is 7.99. The molecule has 4 heteroatoms. The molecule has 2 fully saturated rings. The molecule has 0 spiro atoms. The van der Waals surface area contributed by atoms with Crippen molar-refractivity contribution in [3.05, 3.63) is 0 Å². The van der Waals surface area contributed by atoms with E-state index in [9.17, 15) is 4.79 Å². The monoisotopic (exact) mass is 284 g/mol. The first-order valence-corrected chi connectivity index (χ1v) is 8.90. The van der Waals surface area contributed by atoms with Crippen molar-refractivity contribution in [2.24, 2.45) is 5.41 Å². The summed E-state index contributed by atoms with van der Waals surface area (Å²) >= 11 is 1.91. The van der Waals surface area contributed by atoms with Gasteiger partial charge in [0, 0.05) is 11.3 Å². The van der Waals surface area contributed by atoms with Crippen LogP contribution in [0, 0.1) is 5.41 Å². The molecule has 0 aromatic carbocycles. The average Bonchev–Trinajstić information content (AvgIpc) is 2.38. The van der Waals surface area contributed by atoms with E-state index in [1.165, 1.54) is 25.7 Å². The van der Waals surface area contributed by atoms with Gasteiger partial charge in [0.2, 0.25) is 5.91 Å². The summed E-state index contributed by atoms with van der Waals surface area (Å²) in [5, 5.41) is 7.34. The van der Waals surface area contributed by atoms with Crippen LogP contribution in [0.15, 0.2) is 0 Å². The van der Waals surface area contributed by atoms with Crippen LogP contribution in [-0.2, 0) is 4.79 Å². The zero-order valence-corrected chi connectivity index (χ0v) is 13.3. The van der Waals surface area contributed by atoms with Crippen molar-refractivity contribution < 1.29 is 4.79 Å². The van der Waals surface area contributed by atoms with Crippen molar-refractivity contribution in [1.29, 1.82) is 0 Å². The quantitative estimate of drug-likeness (QED) is 0.837. The minimum atomic E-state index is -0.0225. The van der Waals surface area contributed by atoms with Crippen LogP contribution in [0.25, 0.3) is 0 Å². The molecule has 2 aliphatic rings. The predicted molar refractivity (Wildman–Crippen MR) is 82.5 cm³/mol. The Balaban J connectivity index is 1.95. The molecule has 110 valence electrons. The third kappa shape index (κ3) is 3.66. The van der Waals surface area contributed by atoms with Gasteiger partial charge in [0.25, 0.3) is 0 Å². The number of nitrogens with one attached hydrogen (secondary N) is 2. The summed E-state index contributed by atoms with van der Waals surface area (Å²) < 4.78 is 0. The van der Waals surface area contributed by atoms with Gasteiger partial charge in [0.15, 0.2) is 0 Å². The smallest absolute Gasteiger partial charge is 0.237 e. The summed E-state index contributed by atoms with van der Waals surface area (Å²) in [6.07, 6.45) is 9.42. The van der Waals surface area contributed by atoms with E-state index in [1.54, 1.807) is 0 Å². The lowest BCUT2D eigenvalue weighted by atomic mass is 9.77. The second-order valence-electron chi connectivity index (χ2n) is 6.65. The maximum Gasteiger partial charge on any atom is 0.237 e. The third-order valence-corrected chi connectivity index (χ3v) is 5.89. The number of thioether (sulfide) groups is 1. The van der Waals surface area contributed by atoms with Crippen LogP contribution >= 0.6 is 11.8 Å². The second-order valence-corrected chi connectivity index (χ2v) is 7.73. The normalized spacial score (nSPS) is 34.8. The van der Waals surface area contributed by atoms with Crippen molar-refractivity contribution in [3.63, 3.8) is 0 Å². The summed E-state index contributed by atoms with van der Waals surface area (Å²) in [5.41, 5.74) is 0.0753. The first-order valence-electron chi connectivity index (χ1n) is 7.61. The summed E-state index contributed by atoms with van der Waals surface area (Å²) in [7, 11) is 0. The molecule has 1 saturated heterocycles. The van der Waals surface area contributed by atoms with Gasteiger partial charge in [-0.2, -0.15) is 11.8 Å². The lowest BCUT2D eigenvalue weighted by Crippen LogP contribution is -2.58. The molecule has 3 atom stereocenters. The minimum absolute atomic E-state index is 0.0225. The zero-order chi connectivity index (χ0) is 13.9. The van der Waals surface area contributed by atoms with Crippen LogP contribution in [0.4, 0.5) is 0 Å². The summed E-state index contributed by atoms with van der Waals surface area (Å²) in [6.45, 7) is 5.38. The van der Waals surface area contributed by atoms with Gasteiger partial charge in [0.1, 0.15) is 0 Å². The molecule has 0 aromatic rings. The van der Waals surface area contributed by atoms with Crippen molar-refractivity contribution >= 4 is 17.7 Å². The van der Waals surface area contributed by atoms with Gasteiger partial charge in [-0.3, -0.25) is 4.79 Å². The Bertz CT molecular complexity index is 319. The lowest BCUT2D eigenvalue weighted by Gasteiger charge is -2.40. The molecule has 2 N–H and O–H groups in total. The van der Waals surface area contributed by atoms with E-state index in [1.807, 2.05) is 11.8 Å². The number of carbonyl (C=O) groups excluding carboxylic acids is 1. The molecule has 3 unspecified atom stereocenters. The zero-order valence-electron chi connectivity index (χ0n) is 12.5. The van der Waals surface area contributed by atoms with Gasteiger partial charge >= 0.3 is 0 Å². The molecule has 2 rings (SSSR count). The van der Waals surface area contributed by atoms with E-state index in [0.29, 0.717) is 11.3 Å². The Morgan fingerprint density at radius 3 is 2.68 bits per heavy atom. The molecule has 1 saturated carbocycles. The summed E-state index contributed by atoms with van der Waals surface area (Å²) in [5.74, 6) is 0.218. The van der Waals surface area contributed by atoms with Crippen LogP contribution in [0.2, 0.25) is 0 Å². The van der Waals surface area contributed by atoms with Crippen LogP contribution in [0.1, 0.15) is 52.4 Å². The Labute approximate surface area is 121 Å². The molecule has 1 amide bonds. The highest BCUT2D eigenvalue weighted by Crippen LogP contribution is 2.31. The van der Waals surface area contributed by atoms with E-state index in [2.05, 4.69) is 30.7 Å². The van der Waals surface area contributed by atoms with Crippen molar-refractivity contribution in [2.75, 3.05) is 12.8 Å². The number of hydrogen-bond acceptors (Lipinski definition) is 3. The first kappa shape index (κ1) is 15.2. The van der Waals surface area contributed by atoms with Gasteiger partial charge in [-0.1, -0.05) is 26.7 Å². The van der Waals surface area contributed by atoms with Gasteiger partial charge < -0.3 is 10.6 Å². The molecule has 0 radical (unpaired) electrons. The van der Waals surface area contributed by atoms with Gasteiger partial charge in [-0.25, -0.2) is 0 Å². The highest BCUT2D eigenvalue weighted by atomic mass is 32.2. The molecule has 0 bridgehead atoms. The van der Waals surface area contributed by atoms with Crippen LogP contribution < -0.4 is 10.6 Å². The largest absolute Gasteiger partial charge is 0.351 e. The summed E-state index contributed by atoms with van der Waals surface area (Å²) in [4.78, 5) is 12.6. The maximum absolute atomic E-state index is 12.6. The molecular weight excluding hydrogens is 256 g/mol. The van der Waals surface area contributed by atoms with Crippen LogP contribution in [-0.4, -0.2) is 36.0 Å². The molecule has 1 heterocycles. The molecule has 1 aliphatic carbocycles. The minimum Gasteiger partial charge on any atom is -0.351 e. The lowest BCUT2D eigenvalue weighted by molar-refractivity contribution is -0.127. The van der Waals surface area contributed by atoms with E-state index in [4.69, 9.17) is 0 Å². The van der Waals surface area contributed by atoms with E-state index in [0.717, 1.165) is 19.4 Å². The Morgan fingerprint density at radius 1 is 1.26 bits per heavy atom. The predicted octanol–water partition coefficient (Wildman–Crippen LogP) is 2.55. The molecule has 3 nitrogen and oxygen atoms in total. The molecular formula is C15H28N2OS. The Kier molecular flexibility index (Phi) is 5.18. The second kappa shape index (κ2) is 6.49. The van der Waals surface area contributed by atoms with Gasteiger partial charge in [-0.05, 0) is 43.9 Å². The number of piperidine rings is 1. The van der Waals surface area contributed by atoms with Crippen molar-refractivity contribution in [3.8, 4) is 0 Å². The number of rotatable bonds is 3. The fourth-order valence-corrected chi connectivity index (χ4v) is 4.40. The average molecular weight is 284 g/mol. The number of amides is 1. The number of carbonyl (C=O) groups is 1. The standard InChI is InChI=1S/C15H28N2OS/c1-15(2)9-6-10-16-13(15)14(18)17-11-7-4-5-8-12(11)19-3/h11-13,16H,4-10H2,1-3H3,(H,17,18). The van der Waals surface area contributed by atoms with Gasteiger partial charge in [-0.15, -0.1) is 0 Å². The first-order chi connectivity index (χ1) is 9.04. The SMILES string of the molecule is CSC1CCCCC1NC(=O)C1NCCCC1(C)C. The van der Waals surface area contributed by atoms with Crippen molar-refractivity contribution in [1.82, 2.24) is 10.6 Å². The topological polar surface area (TPSA) is 41.1 Å². The fourth-order valence-electron chi connectivity index (χ4n) is 3.47. The van der Waals surface area contributed by atoms with Crippen molar-refractivity contribution in [2.45, 2.75) is 69.7 Å². The van der Waals surface area contributed by atoms with Crippen LogP contribution in [0.5, 0.6) is 0 Å². The highest BCUT2D eigenvalue weighted by Gasteiger charge is 2.38. The van der Waals surface area contributed by atoms with E-state index < -0.39 is 0 Å². The van der Waals surface area contributed by atoms with Gasteiger partial charge in [0.05, 0.1) is 6.04 Å².